The van der Waals surface area contributed by atoms with E-state index < -0.39 is 36.6 Å². The van der Waals surface area contributed by atoms with Crippen LogP contribution in [0.1, 0.15) is 28.1 Å². The maximum Gasteiger partial charge on any atom is 0.341 e. The zero-order chi connectivity index (χ0) is 19.8. The molecule has 0 aliphatic carbocycles. The quantitative estimate of drug-likeness (QED) is 0.696. The molecule has 7 nitrogen and oxygen atoms in total. The molecule has 144 valence electrons. The molecule has 1 unspecified atom stereocenters. The molecule has 3 rings (SSSR count). The lowest BCUT2D eigenvalue weighted by Crippen LogP contribution is -2.17. The molecule has 0 spiro atoms. The van der Waals surface area contributed by atoms with Crippen molar-refractivity contribution in [3.63, 3.8) is 0 Å². The molecule has 1 atom stereocenters. The van der Waals surface area contributed by atoms with Crippen LogP contribution in [0.5, 0.6) is 5.75 Å². The van der Waals surface area contributed by atoms with E-state index in [1.54, 1.807) is 25.1 Å². The van der Waals surface area contributed by atoms with Crippen LogP contribution in [0.3, 0.4) is 0 Å². The number of benzene rings is 2. The molecule has 0 fully saturated rings. The summed E-state index contributed by atoms with van der Waals surface area (Å²) in [6.45, 7) is 1.74. The second kappa shape index (κ2) is 6.97. The van der Waals surface area contributed by atoms with Gasteiger partial charge in [-0.25, -0.2) is 21.6 Å². The van der Waals surface area contributed by atoms with Crippen LogP contribution in [-0.4, -0.2) is 42.3 Å². The lowest BCUT2D eigenvalue weighted by atomic mass is 10.1. The van der Waals surface area contributed by atoms with E-state index in [9.17, 15) is 21.6 Å². The van der Waals surface area contributed by atoms with Gasteiger partial charge in [-0.1, -0.05) is 18.2 Å². The van der Waals surface area contributed by atoms with Gasteiger partial charge in [0.25, 0.3) is 0 Å². The summed E-state index contributed by atoms with van der Waals surface area (Å²) < 4.78 is 61.7. The first-order valence-electron chi connectivity index (χ1n) is 8.13. The molecule has 1 heterocycles. The van der Waals surface area contributed by atoms with Crippen LogP contribution in [0.2, 0.25) is 0 Å². The SMILES string of the molecule is CCOC(=O)c1ccc2c(c1OC)C(S(=O)(=O)c1ccccc1)CS2(=O)=O. The minimum atomic E-state index is -4.02. The highest BCUT2D eigenvalue weighted by molar-refractivity contribution is 7.96. The van der Waals surface area contributed by atoms with Crippen LogP contribution in [0, 0.1) is 0 Å². The van der Waals surface area contributed by atoms with Gasteiger partial charge in [0.1, 0.15) is 16.6 Å². The van der Waals surface area contributed by atoms with Gasteiger partial charge >= 0.3 is 5.97 Å². The zero-order valence-corrected chi connectivity index (χ0v) is 16.3. The van der Waals surface area contributed by atoms with Crippen LogP contribution >= 0.6 is 0 Å². The summed E-state index contributed by atoms with van der Waals surface area (Å²) in [5.41, 5.74) is -0.0321. The molecule has 27 heavy (non-hydrogen) atoms. The summed E-state index contributed by atoms with van der Waals surface area (Å²) in [6, 6.07) is 10.1. The summed E-state index contributed by atoms with van der Waals surface area (Å²) in [4.78, 5) is 12.1. The molecule has 0 N–H and O–H groups in total. The largest absolute Gasteiger partial charge is 0.495 e. The predicted octanol–water partition coefficient (Wildman–Crippen LogP) is 2.17. The third-order valence-electron chi connectivity index (χ3n) is 4.33. The van der Waals surface area contributed by atoms with Gasteiger partial charge < -0.3 is 9.47 Å². The summed E-state index contributed by atoms with van der Waals surface area (Å²) >= 11 is 0. The first-order chi connectivity index (χ1) is 12.7. The number of sulfone groups is 2. The van der Waals surface area contributed by atoms with E-state index in [-0.39, 0.29) is 33.3 Å². The van der Waals surface area contributed by atoms with Crippen molar-refractivity contribution in [1.29, 1.82) is 0 Å². The molecule has 1 aliphatic rings. The minimum Gasteiger partial charge on any atom is -0.495 e. The molecule has 0 radical (unpaired) electrons. The lowest BCUT2D eigenvalue weighted by Gasteiger charge is -2.17. The number of ether oxygens (including phenoxy) is 2. The van der Waals surface area contributed by atoms with Gasteiger partial charge in [-0.2, -0.15) is 0 Å². The number of hydrogen-bond acceptors (Lipinski definition) is 7. The Balaban J connectivity index is 2.27. The lowest BCUT2D eigenvalue weighted by molar-refractivity contribution is 0.0522. The second-order valence-electron chi connectivity index (χ2n) is 5.91. The molecule has 2 aromatic rings. The minimum absolute atomic E-state index is 0.00152. The third-order valence-corrected chi connectivity index (χ3v) is 8.42. The van der Waals surface area contributed by atoms with E-state index in [2.05, 4.69) is 0 Å². The van der Waals surface area contributed by atoms with Crippen molar-refractivity contribution in [3.8, 4) is 5.75 Å². The molecule has 0 amide bonds. The predicted molar refractivity (Wildman–Crippen MR) is 97.4 cm³/mol. The standard InChI is InChI=1S/C18H18O7S2/c1-3-25-18(19)13-9-10-14-16(17(13)24-2)15(11-26(14,20)21)27(22,23)12-7-5-4-6-8-12/h4-10,15H,3,11H2,1-2H3. The Hall–Kier alpha value is -2.39. The topological polar surface area (TPSA) is 104 Å². The van der Waals surface area contributed by atoms with E-state index in [4.69, 9.17) is 9.47 Å². The van der Waals surface area contributed by atoms with E-state index in [0.717, 1.165) is 0 Å². The van der Waals surface area contributed by atoms with E-state index in [1.165, 1.54) is 31.4 Å². The first kappa shape index (κ1) is 19.4. The Kier molecular flexibility index (Phi) is 5.00. The number of esters is 1. The highest BCUT2D eigenvalue weighted by atomic mass is 32.2. The number of carbonyl (C=O) groups is 1. The molecule has 0 bridgehead atoms. The fourth-order valence-electron chi connectivity index (χ4n) is 3.14. The van der Waals surface area contributed by atoms with Gasteiger partial charge in [-0.05, 0) is 31.2 Å². The Morgan fingerprint density at radius 3 is 2.41 bits per heavy atom. The number of rotatable bonds is 5. The summed E-state index contributed by atoms with van der Waals surface area (Å²) in [5, 5.41) is -1.37. The van der Waals surface area contributed by atoms with Crippen LogP contribution in [0.15, 0.2) is 52.3 Å². The highest BCUT2D eigenvalue weighted by Crippen LogP contribution is 2.47. The van der Waals surface area contributed by atoms with E-state index >= 15 is 0 Å². The summed E-state index contributed by atoms with van der Waals surface area (Å²) in [6.07, 6.45) is 0. The monoisotopic (exact) mass is 410 g/mol. The fraction of sp³-hybridized carbons (Fsp3) is 0.278. The molecule has 0 saturated heterocycles. The van der Waals surface area contributed by atoms with Crippen LogP contribution in [0.4, 0.5) is 0 Å². The number of carbonyl (C=O) groups excluding carboxylic acids is 1. The third kappa shape index (κ3) is 3.21. The zero-order valence-electron chi connectivity index (χ0n) is 14.7. The van der Waals surface area contributed by atoms with Crippen LogP contribution in [-0.2, 0) is 24.4 Å². The molecule has 2 aromatic carbocycles. The molecule has 9 heteroatoms. The molecule has 0 aromatic heterocycles. The van der Waals surface area contributed by atoms with Crippen molar-refractivity contribution in [1.82, 2.24) is 0 Å². The van der Waals surface area contributed by atoms with Gasteiger partial charge in [-0.3, -0.25) is 0 Å². The summed E-state index contributed by atoms with van der Waals surface area (Å²) in [7, 11) is -6.61. The smallest absolute Gasteiger partial charge is 0.341 e. The van der Waals surface area contributed by atoms with Gasteiger partial charge in [0.15, 0.2) is 19.7 Å². The van der Waals surface area contributed by atoms with E-state index in [1.807, 2.05) is 0 Å². The summed E-state index contributed by atoms with van der Waals surface area (Å²) in [5.74, 6) is -1.41. The normalized spacial score (nSPS) is 17.9. The Morgan fingerprint density at radius 2 is 1.81 bits per heavy atom. The number of fused-ring (bicyclic) bond motifs is 1. The molecule has 0 saturated carbocycles. The van der Waals surface area contributed by atoms with Crippen molar-refractivity contribution < 1.29 is 31.1 Å². The Bertz CT molecular complexity index is 1090. The van der Waals surface area contributed by atoms with Crippen molar-refractivity contribution in [2.24, 2.45) is 0 Å². The highest BCUT2D eigenvalue weighted by Gasteiger charge is 2.46. The second-order valence-corrected chi connectivity index (χ2v) is 10.0. The van der Waals surface area contributed by atoms with Gasteiger partial charge in [0.05, 0.1) is 29.3 Å². The van der Waals surface area contributed by atoms with E-state index in [0.29, 0.717) is 0 Å². The molecular formula is C18H18O7S2. The average molecular weight is 410 g/mol. The first-order valence-corrected chi connectivity index (χ1v) is 11.3. The Morgan fingerprint density at radius 1 is 1.15 bits per heavy atom. The van der Waals surface area contributed by atoms with Crippen LogP contribution in [0.25, 0.3) is 0 Å². The van der Waals surface area contributed by atoms with Gasteiger partial charge in [0, 0.05) is 5.56 Å². The van der Waals surface area contributed by atoms with Crippen molar-refractivity contribution in [2.45, 2.75) is 22.0 Å². The fourth-order valence-corrected chi connectivity index (χ4v) is 7.47. The molecular weight excluding hydrogens is 392 g/mol. The van der Waals surface area contributed by atoms with Crippen LogP contribution < -0.4 is 4.74 Å². The van der Waals surface area contributed by atoms with Crippen molar-refractivity contribution in [2.75, 3.05) is 19.5 Å². The number of methoxy groups -OCH3 is 1. The average Bonchev–Trinajstić information content (AvgIpc) is 2.94. The maximum absolute atomic E-state index is 13.1. The Labute approximate surface area is 157 Å². The molecule has 1 aliphatic heterocycles. The number of hydrogen-bond donors (Lipinski definition) is 0. The maximum atomic E-state index is 13.1. The van der Waals surface area contributed by atoms with Gasteiger partial charge in [0.2, 0.25) is 0 Å². The van der Waals surface area contributed by atoms with Crippen molar-refractivity contribution >= 4 is 25.6 Å². The van der Waals surface area contributed by atoms with Gasteiger partial charge in [-0.15, -0.1) is 0 Å². The van der Waals surface area contributed by atoms with Crippen molar-refractivity contribution in [3.05, 3.63) is 53.6 Å².